The van der Waals surface area contributed by atoms with E-state index < -0.39 is 0 Å². The van der Waals surface area contributed by atoms with Crippen LogP contribution < -0.4 is 9.80 Å². The van der Waals surface area contributed by atoms with E-state index in [4.69, 9.17) is 0 Å². The van der Waals surface area contributed by atoms with E-state index in [1.807, 2.05) is 36.9 Å². The first kappa shape index (κ1) is 19.7. The Labute approximate surface area is 180 Å². The molecule has 3 aromatic rings. The highest BCUT2D eigenvalue weighted by molar-refractivity contribution is 5.79. The Hall–Kier alpha value is -3.30. The average Bonchev–Trinajstić information content (AvgIpc) is 3.26. The molecule has 0 saturated carbocycles. The SMILES string of the molecule is Cc1cc(N2CCN(C(=O)C3CCN(c4ccc5nncn5n4)CC3)CC2)nc(C)n1. The Balaban J connectivity index is 1.15. The van der Waals surface area contributed by atoms with Gasteiger partial charge in [0, 0.05) is 56.9 Å². The van der Waals surface area contributed by atoms with E-state index >= 15 is 0 Å². The molecule has 5 rings (SSSR count). The number of rotatable bonds is 3. The number of carbonyl (C=O) groups is 1. The van der Waals surface area contributed by atoms with Crippen LogP contribution in [0.3, 0.4) is 0 Å². The molecule has 162 valence electrons. The van der Waals surface area contributed by atoms with E-state index in [0.717, 1.165) is 80.9 Å². The van der Waals surface area contributed by atoms with Gasteiger partial charge in [0.15, 0.2) is 5.65 Å². The lowest BCUT2D eigenvalue weighted by Gasteiger charge is -2.39. The van der Waals surface area contributed by atoms with Crippen molar-refractivity contribution in [2.24, 2.45) is 5.92 Å². The fraction of sp³-hybridized carbons (Fsp3) is 0.524. The van der Waals surface area contributed by atoms with Gasteiger partial charge in [-0.25, -0.2) is 9.97 Å². The summed E-state index contributed by atoms with van der Waals surface area (Å²) in [6.07, 6.45) is 3.31. The normalized spacial score (nSPS) is 18.1. The molecule has 2 aliphatic heterocycles. The zero-order valence-corrected chi connectivity index (χ0v) is 18.0. The van der Waals surface area contributed by atoms with Crippen LogP contribution in [0.5, 0.6) is 0 Å². The van der Waals surface area contributed by atoms with Crippen molar-refractivity contribution in [2.75, 3.05) is 49.1 Å². The molecule has 10 nitrogen and oxygen atoms in total. The zero-order chi connectivity index (χ0) is 21.4. The highest BCUT2D eigenvalue weighted by atomic mass is 16.2. The molecule has 0 unspecified atom stereocenters. The lowest BCUT2D eigenvalue weighted by Crippen LogP contribution is -2.52. The molecule has 2 fully saturated rings. The van der Waals surface area contributed by atoms with Gasteiger partial charge in [-0.3, -0.25) is 4.79 Å². The van der Waals surface area contributed by atoms with Gasteiger partial charge in [0.2, 0.25) is 5.91 Å². The van der Waals surface area contributed by atoms with Crippen LogP contribution in [0.25, 0.3) is 5.65 Å². The molecule has 0 aliphatic carbocycles. The van der Waals surface area contributed by atoms with Crippen molar-refractivity contribution in [3.8, 4) is 0 Å². The Morgan fingerprint density at radius 3 is 2.42 bits per heavy atom. The van der Waals surface area contributed by atoms with E-state index in [9.17, 15) is 4.79 Å². The van der Waals surface area contributed by atoms with Crippen LogP contribution in [-0.2, 0) is 4.79 Å². The summed E-state index contributed by atoms with van der Waals surface area (Å²) in [6.45, 7) is 8.67. The monoisotopic (exact) mass is 421 g/mol. The van der Waals surface area contributed by atoms with Crippen molar-refractivity contribution in [1.82, 2.24) is 34.7 Å². The number of piperazine rings is 1. The standard InChI is InChI=1S/C21H27N9O/c1-15-13-20(24-16(2)23-15)28-9-11-29(12-10-28)21(31)17-5-7-27(8-6-17)19-4-3-18-25-22-14-30(18)26-19/h3-4,13-14,17H,5-12H2,1-2H3. The summed E-state index contributed by atoms with van der Waals surface area (Å²) in [6, 6.07) is 5.92. The summed E-state index contributed by atoms with van der Waals surface area (Å²) >= 11 is 0. The maximum Gasteiger partial charge on any atom is 0.225 e. The summed E-state index contributed by atoms with van der Waals surface area (Å²) in [4.78, 5) is 28.5. The maximum atomic E-state index is 13.1. The Bertz CT molecular complexity index is 1060. The maximum absolute atomic E-state index is 13.1. The quantitative estimate of drug-likeness (QED) is 0.620. The molecular formula is C21H27N9O. The van der Waals surface area contributed by atoms with E-state index in [0.29, 0.717) is 0 Å². The average molecular weight is 422 g/mol. The number of aryl methyl sites for hydroxylation is 2. The number of piperidine rings is 1. The number of aromatic nitrogens is 6. The predicted molar refractivity (Wildman–Crippen MR) is 116 cm³/mol. The molecule has 0 spiro atoms. The van der Waals surface area contributed by atoms with Crippen LogP contribution in [0.1, 0.15) is 24.4 Å². The number of hydrogen-bond acceptors (Lipinski definition) is 8. The van der Waals surface area contributed by atoms with Crippen molar-refractivity contribution in [3.05, 3.63) is 36.0 Å². The highest BCUT2D eigenvalue weighted by Crippen LogP contribution is 2.24. The summed E-state index contributed by atoms with van der Waals surface area (Å²) in [5.41, 5.74) is 1.71. The van der Waals surface area contributed by atoms with Crippen molar-refractivity contribution < 1.29 is 4.79 Å². The topological polar surface area (TPSA) is 95.7 Å². The number of fused-ring (bicyclic) bond motifs is 1. The Kier molecular flexibility index (Phi) is 5.13. The smallest absolute Gasteiger partial charge is 0.225 e. The van der Waals surface area contributed by atoms with Crippen LogP contribution in [-0.4, -0.2) is 79.9 Å². The van der Waals surface area contributed by atoms with Gasteiger partial charge < -0.3 is 14.7 Å². The second-order valence-corrected chi connectivity index (χ2v) is 8.31. The molecule has 0 bridgehead atoms. The lowest BCUT2D eigenvalue weighted by molar-refractivity contribution is -0.136. The zero-order valence-electron chi connectivity index (χ0n) is 18.0. The number of nitrogens with zero attached hydrogens (tertiary/aromatic N) is 9. The minimum atomic E-state index is 0.0879. The van der Waals surface area contributed by atoms with Crippen LogP contribution in [0.2, 0.25) is 0 Å². The Morgan fingerprint density at radius 1 is 0.935 bits per heavy atom. The summed E-state index contributed by atoms with van der Waals surface area (Å²) in [5, 5.41) is 12.4. The molecule has 2 aliphatic rings. The van der Waals surface area contributed by atoms with E-state index in [1.165, 1.54) is 0 Å². The third kappa shape index (κ3) is 4.01. The van der Waals surface area contributed by atoms with Gasteiger partial charge in [-0.2, -0.15) is 4.52 Å². The molecule has 0 atom stereocenters. The van der Waals surface area contributed by atoms with Crippen molar-refractivity contribution in [1.29, 1.82) is 0 Å². The van der Waals surface area contributed by atoms with Crippen molar-refractivity contribution in [3.63, 3.8) is 0 Å². The van der Waals surface area contributed by atoms with Gasteiger partial charge in [0.1, 0.15) is 23.8 Å². The lowest BCUT2D eigenvalue weighted by atomic mass is 9.95. The molecule has 31 heavy (non-hydrogen) atoms. The van der Waals surface area contributed by atoms with Gasteiger partial charge in [-0.15, -0.1) is 15.3 Å². The fourth-order valence-electron chi connectivity index (χ4n) is 4.52. The second-order valence-electron chi connectivity index (χ2n) is 8.31. The van der Waals surface area contributed by atoms with Crippen molar-refractivity contribution in [2.45, 2.75) is 26.7 Å². The van der Waals surface area contributed by atoms with Crippen LogP contribution in [0.15, 0.2) is 24.5 Å². The number of carbonyl (C=O) groups excluding carboxylic acids is 1. The molecule has 10 heteroatoms. The second kappa shape index (κ2) is 8.09. The van der Waals surface area contributed by atoms with Crippen LogP contribution >= 0.6 is 0 Å². The third-order valence-corrected chi connectivity index (χ3v) is 6.18. The molecule has 1 amide bonds. The molecule has 5 heterocycles. The molecular weight excluding hydrogens is 394 g/mol. The molecule has 0 radical (unpaired) electrons. The van der Waals surface area contributed by atoms with Crippen LogP contribution in [0, 0.1) is 19.8 Å². The van der Waals surface area contributed by atoms with E-state index in [1.54, 1.807) is 10.8 Å². The largest absolute Gasteiger partial charge is 0.355 e. The van der Waals surface area contributed by atoms with Crippen molar-refractivity contribution >= 4 is 23.2 Å². The summed E-state index contributed by atoms with van der Waals surface area (Å²) in [5.74, 6) is 3.03. The first-order chi connectivity index (χ1) is 15.1. The molecule has 3 aromatic heterocycles. The Morgan fingerprint density at radius 2 is 1.68 bits per heavy atom. The van der Waals surface area contributed by atoms with Gasteiger partial charge in [-0.1, -0.05) is 0 Å². The number of anilines is 2. The fourth-order valence-corrected chi connectivity index (χ4v) is 4.52. The third-order valence-electron chi connectivity index (χ3n) is 6.18. The summed E-state index contributed by atoms with van der Waals surface area (Å²) in [7, 11) is 0. The molecule has 2 saturated heterocycles. The summed E-state index contributed by atoms with van der Waals surface area (Å²) < 4.78 is 1.69. The van der Waals surface area contributed by atoms with Gasteiger partial charge in [-0.05, 0) is 38.8 Å². The van der Waals surface area contributed by atoms with Crippen LogP contribution in [0.4, 0.5) is 11.6 Å². The first-order valence-corrected chi connectivity index (χ1v) is 10.8. The van der Waals surface area contributed by atoms with Gasteiger partial charge in [0.25, 0.3) is 0 Å². The van der Waals surface area contributed by atoms with Gasteiger partial charge in [0.05, 0.1) is 0 Å². The predicted octanol–water partition coefficient (Wildman–Crippen LogP) is 1.10. The first-order valence-electron chi connectivity index (χ1n) is 10.8. The van der Waals surface area contributed by atoms with Gasteiger partial charge >= 0.3 is 0 Å². The van der Waals surface area contributed by atoms with E-state index in [-0.39, 0.29) is 11.8 Å². The minimum Gasteiger partial charge on any atom is -0.355 e. The number of hydrogen-bond donors (Lipinski definition) is 0. The minimum absolute atomic E-state index is 0.0879. The highest BCUT2D eigenvalue weighted by Gasteiger charge is 2.31. The molecule has 0 N–H and O–H groups in total. The molecule has 0 aromatic carbocycles. The van der Waals surface area contributed by atoms with E-state index in [2.05, 4.69) is 35.1 Å². The number of amides is 1.